The van der Waals surface area contributed by atoms with Gasteiger partial charge in [0, 0.05) is 16.8 Å². The van der Waals surface area contributed by atoms with Gasteiger partial charge in [0.1, 0.15) is 16.1 Å². The highest BCUT2D eigenvalue weighted by molar-refractivity contribution is 7.99. The monoisotopic (exact) mass is 424 g/mol. The average molecular weight is 425 g/mol. The molecule has 1 atom stereocenters. The van der Waals surface area contributed by atoms with E-state index in [-0.39, 0.29) is 26.8 Å². The Morgan fingerprint density at radius 1 is 1.20 bits per heavy atom. The van der Waals surface area contributed by atoms with Gasteiger partial charge in [-0.05, 0) is 13.0 Å². The smallest absolute Gasteiger partial charge is 0.384 e. The molecule has 25 heavy (non-hydrogen) atoms. The molecule has 0 saturated heterocycles. The molecule has 0 radical (unpaired) electrons. The molecule has 0 aromatic carbocycles. The SMILES string of the molecule is CC(Sc1nc(N)cc(Cl)n1)c1cc2c(C(F)(F)F)csc2c(Cl)n1. The van der Waals surface area contributed by atoms with Crippen molar-refractivity contribution in [3.63, 3.8) is 0 Å². The van der Waals surface area contributed by atoms with E-state index in [0.29, 0.717) is 15.6 Å². The first kappa shape index (κ1) is 18.5. The molecule has 0 saturated carbocycles. The van der Waals surface area contributed by atoms with Crippen molar-refractivity contribution < 1.29 is 13.2 Å². The maximum Gasteiger partial charge on any atom is 0.417 e. The van der Waals surface area contributed by atoms with Crippen molar-refractivity contribution >= 4 is 62.2 Å². The zero-order valence-electron chi connectivity index (χ0n) is 12.4. The zero-order chi connectivity index (χ0) is 18.4. The predicted octanol–water partition coefficient (Wildman–Crippen LogP) is 5.85. The van der Waals surface area contributed by atoms with Crippen LogP contribution in [0.4, 0.5) is 19.0 Å². The Labute approximate surface area is 158 Å². The van der Waals surface area contributed by atoms with E-state index in [2.05, 4.69) is 15.0 Å². The Bertz CT molecular complexity index is 925. The summed E-state index contributed by atoms with van der Waals surface area (Å²) in [6.07, 6.45) is -4.46. The van der Waals surface area contributed by atoms with Crippen LogP contribution in [0, 0.1) is 0 Å². The molecule has 2 N–H and O–H groups in total. The van der Waals surface area contributed by atoms with E-state index >= 15 is 0 Å². The minimum atomic E-state index is -4.46. The lowest BCUT2D eigenvalue weighted by molar-refractivity contribution is -0.136. The molecule has 0 amide bonds. The molecule has 4 nitrogen and oxygen atoms in total. The van der Waals surface area contributed by atoms with Crippen LogP contribution in [0.15, 0.2) is 22.7 Å². The van der Waals surface area contributed by atoms with Crippen LogP contribution < -0.4 is 5.73 Å². The van der Waals surface area contributed by atoms with Gasteiger partial charge in [0.15, 0.2) is 5.16 Å². The molecule has 1 unspecified atom stereocenters. The molecule has 0 aliphatic rings. The highest BCUT2D eigenvalue weighted by Crippen LogP contribution is 2.42. The Morgan fingerprint density at radius 2 is 1.92 bits per heavy atom. The van der Waals surface area contributed by atoms with Crippen LogP contribution in [-0.4, -0.2) is 15.0 Å². The second-order valence-electron chi connectivity index (χ2n) is 5.02. The average Bonchev–Trinajstić information content (AvgIpc) is 2.90. The molecular formula is C14H9Cl2F3N4S2. The second kappa shape index (κ2) is 6.79. The molecule has 0 fully saturated rings. The number of hydrogen-bond acceptors (Lipinski definition) is 6. The van der Waals surface area contributed by atoms with Crippen molar-refractivity contribution in [2.45, 2.75) is 23.5 Å². The van der Waals surface area contributed by atoms with Gasteiger partial charge in [0.2, 0.25) is 0 Å². The number of rotatable bonds is 3. The summed E-state index contributed by atoms with van der Waals surface area (Å²) in [5.41, 5.74) is 5.28. The fourth-order valence-corrected chi connectivity index (χ4v) is 4.50. The standard InChI is InChI=1S/C14H9Cl2F3N4S2/c1-5(25-13-22-9(15)3-10(20)23-13)8-2-6-7(14(17,18)19)4-24-11(6)12(16)21-8/h2-5H,1H3,(H2,20,22,23). The van der Waals surface area contributed by atoms with Crippen LogP contribution in [0.2, 0.25) is 10.3 Å². The van der Waals surface area contributed by atoms with Crippen LogP contribution in [0.25, 0.3) is 10.1 Å². The summed E-state index contributed by atoms with van der Waals surface area (Å²) in [6, 6.07) is 2.80. The molecule has 3 aromatic rings. The third-order valence-electron chi connectivity index (χ3n) is 3.23. The van der Waals surface area contributed by atoms with Crippen molar-refractivity contribution in [3.8, 4) is 0 Å². The third kappa shape index (κ3) is 3.94. The first-order chi connectivity index (χ1) is 11.6. The molecule has 0 aliphatic heterocycles. The number of alkyl halides is 3. The number of nitrogens with zero attached hydrogens (tertiary/aromatic N) is 3. The van der Waals surface area contributed by atoms with Crippen molar-refractivity contribution in [1.82, 2.24) is 15.0 Å². The van der Waals surface area contributed by atoms with E-state index in [1.54, 1.807) is 6.92 Å². The van der Waals surface area contributed by atoms with E-state index in [1.807, 2.05) is 0 Å². The van der Waals surface area contributed by atoms with Crippen LogP contribution in [0.1, 0.15) is 23.4 Å². The Balaban J connectivity index is 2.00. The fourth-order valence-electron chi connectivity index (χ4n) is 2.13. The van der Waals surface area contributed by atoms with Crippen molar-refractivity contribution in [1.29, 1.82) is 0 Å². The van der Waals surface area contributed by atoms with Gasteiger partial charge in [-0.25, -0.2) is 15.0 Å². The Morgan fingerprint density at radius 3 is 2.56 bits per heavy atom. The number of nitrogens with two attached hydrogens (primary N) is 1. The van der Waals surface area contributed by atoms with E-state index < -0.39 is 11.7 Å². The van der Waals surface area contributed by atoms with Gasteiger partial charge >= 0.3 is 6.18 Å². The Hall–Kier alpha value is -1.29. The van der Waals surface area contributed by atoms with E-state index in [9.17, 15) is 13.2 Å². The highest BCUT2D eigenvalue weighted by atomic mass is 35.5. The summed E-state index contributed by atoms with van der Waals surface area (Å²) >= 11 is 14.0. The maximum atomic E-state index is 13.1. The zero-order valence-corrected chi connectivity index (χ0v) is 15.6. The van der Waals surface area contributed by atoms with Crippen molar-refractivity contribution in [2.75, 3.05) is 5.73 Å². The lowest BCUT2D eigenvalue weighted by Crippen LogP contribution is -2.04. The van der Waals surface area contributed by atoms with E-state index in [0.717, 1.165) is 16.7 Å². The number of pyridine rings is 1. The highest BCUT2D eigenvalue weighted by Gasteiger charge is 2.34. The first-order valence-corrected chi connectivity index (χ1v) is 9.28. The van der Waals surface area contributed by atoms with Crippen LogP contribution in [0.5, 0.6) is 0 Å². The van der Waals surface area contributed by atoms with Gasteiger partial charge in [0.25, 0.3) is 0 Å². The number of anilines is 1. The summed E-state index contributed by atoms with van der Waals surface area (Å²) in [7, 11) is 0. The normalized spacial score (nSPS) is 13.4. The number of nitrogen functional groups attached to an aromatic ring is 1. The quantitative estimate of drug-likeness (QED) is 0.247. The first-order valence-electron chi connectivity index (χ1n) is 6.76. The third-order valence-corrected chi connectivity index (χ3v) is 5.80. The molecule has 0 bridgehead atoms. The molecule has 11 heteroatoms. The van der Waals surface area contributed by atoms with Gasteiger partial charge < -0.3 is 5.73 Å². The lowest BCUT2D eigenvalue weighted by atomic mass is 10.1. The molecule has 3 aromatic heterocycles. The van der Waals surface area contributed by atoms with Crippen LogP contribution >= 0.6 is 46.3 Å². The van der Waals surface area contributed by atoms with E-state index in [4.69, 9.17) is 28.9 Å². The van der Waals surface area contributed by atoms with E-state index in [1.165, 1.54) is 23.9 Å². The molecule has 3 rings (SSSR count). The van der Waals surface area contributed by atoms with Gasteiger partial charge in [-0.3, -0.25) is 0 Å². The van der Waals surface area contributed by atoms with Crippen molar-refractivity contribution in [2.24, 2.45) is 0 Å². The van der Waals surface area contributed by atoms with Gasteiger partial charge in [-0.2, -0.15) is 13.2 Å². The summed E-state index contributed by atoms with van der Waals surface area (Å²) in [5, 5.41) is 1.23. The number of thioether (sulfide) groups is 1. The van der Waals surface area contributed by atoms with Gasteiger partial charge in [-0.1, -0.05) is 35.0 Å². The summed E-state index contributed by atoms with van der Waals surface area (Å²) in [5.74, 6) is 0.202. The molecular weight excluding hydrogens is 416 g/mol. The second-order valence-corrected chi connectivity index (χ2v) is 7.95. The maximum absolute atomic E-state index is 13.1. The summed E-state index contributed by atoms with van der Waals surface area (Å²) < 4.78 is 39.7. The minimum Gasteiger partial charge on any atom is -0.384 e. The molecule has 0 aliphatic carbocycles. The van der Waals surface area contributed by atoms with Crippen molar-refractivity contribution in [3.05, 3.63) is 39.1 Å². The lowest BCUT2D eigenvalue weighted by Gasteiger charge is -2.12. The summed E-state index contributed by atoms with van der Waals surface area (Å²) in [4.78, 5) is 12.3. The molecule has 0 spiro atoms. The minimum absolute atomic E-state index is 0.0338. The largest absolute Gasteiger partial charge is 0.417 e. The topological polar surface area (TPSA) is 64.7 Å². The number of thiophene rings is 1. The molecule has 132 valence electrons. The van der Waals surface area contributed by atoms with Gasteiger partial charge in [0.05, 0.1) is 21.2 Å². The number of aromatic nitrogens is 3. The van der Waals surface area contributed by atoms with Crippen LogP contribution in [-0.2, 0) is 6.18 Å². The molecule has 3 heterocycles. The summed E-state index contributed by atoms with van der Waals surface area (Å²) in [6.45, 7) is 1.76. The fraction of sp³-hybridized carbons (Fsp3) is 0.214. The number of fused-ring (bicyclic) bond motifs is 1. The number of halogens is 5. The van der Waals surface area contributed by atoms with Crippen LogP contribution in [0.3, 0.4) is 0 Å². The predicted molar refractivity (Wildman–Crippen MR) is 95.4 cm³/mol. The number of hydrogen-bond donors (Lipinski definition) is 1. The van der Waals surface area contributed by atoms with Gasteiger partial charge in [-0.15, -0.1) is 11.3 Å². The Kier molecular flexibility index (Phi) is 5.02.